The molecule has 0 radical (unpaired) electrons. The van der Waals surface area contributed by atoms with Gasteiger partial charge in [-0.25, -0.2) is 9.97 Å². The minimum atomic E-state index is -0.251. The van der Waals surface area contributed by atoms with E-state index in [0.717, 1.165) is 43.4 Å². The molecule has 0 saturated carbocycles. The molecule has 4 rings (SSSR count). The smallest absolute Gasteiger partial charge is 0.222 e. The molecule has 16 nitrogen and oxygen atoms in total. The lowest BCUT2D eigenvalue weighted by molar-refractivity contribution is -0.131. The number of rotatable bonds is 32. The number of nitrogens with zero attached hydrogens (tertiary/aromatic N) is 9. The van der Waals surface area contributed by atoms with Crippen molar-refractivity contribution in [1.29, 1.82) is 0 Å². The molecule has 3 aromatic rings. The summed E-state index contributed by atoms with van der Waals surface area (Å²) in [6, 6.07) is 3.71. The summed E-state index contributed by atoms with van der Waals surface area (Å²) in [7, 11) is 3.24. The number of piperazine rings is 1. The molecule has 0 bridgehead atoms. The van der Waals surface area contributed by atoms with Crippen LogP contribution in [0.4, 0.5) is 17.5 Å². The second kappa shape index (κ2) is 28.7. The average Bonchev–Trinajstić information content (AvgIpc) is 3.70. The lowest BCUT2D eigenvalue weighted by Crippen LogP contribution is -2.48. The van der Waals surface area contributed by atoms with Crippen LogP contribution in [0, 0.1) is 0 Å². The maximum absolute atomic E-state index is 13.1. The molecule has 3 heterocycles. The molecule has 1 aliphatic heterocycles. The minimum absolute atomic E-state index is 0.0439. The molecular weight excluding hydrogens is 787 g/mol. The number of methoxy groups -OCH3 is 2. The molecular formula is C46H75N11O5. The number of aliphatic hydroxyl groups excluding tert-OH is 1. The van der Waals surface area contributed by atoms with Crippen LogP contribution in [-0.2, 0) is 16.1 Å². The van der Waals surface area contributed by atoms with Gasteiger partial charge in [0.05, 0.1) is 45.2 Å². The van der Waals surface area contributed by atoms with Gasteiger partial charge < -0.3 is 35.0 Å². The van der Waals surface area contributed by atoms with Gasteiger partial charge in [0.15, 0.2) is 11.3 Å². The molecule has 1 aliphatic rings. The van der Waals surface area contributed by atoms with Gasteiger partial charge in [0.2, 0.25) is 17.8 Å². The van der Waals surface area contributed by atoms with Gasteiger partial charge >= 0.3 is 0 Å². The van der Waals surface area contributed by atoms with Crippen LogP contribution < -0.4 is 25.0 Å². The SMILES string of the molecule is CCCCCCCCCCCCCCCCCC(=O)NCCCCC(=O)N1CCN(c2cc(OC)c(Cn3cc4nc(N=[N+]=[N-])nc(NC(CO)CCC)c4n3)c(OC)c2)CC1. The van der Waals surface area contributed by atoms with Crippen LogP contribution in [0.15, 0.2) is 23.4 Å². The van der Waals surface area contributed by atoms with E-state index in [4.69, 9.17) is 20.1 Å². The number of carbonyl (C=O) groups is 2. The number of aliphatic hydroxyl groups is 1. The van der Waals surface area contributed by atoms with E-state index in [9.17, 15) is 14.7 Å². The van der Waals surface area contributed by atoms with E-state index in [-0.39, 0.29) is 30.4 Å². The van der Waals surface area contributed by atoms with Gasteiger partial charge in [-0.15, -0.1) is 0 Å². The van der Waals surface area contributed by atoms with Crippen molar-refractivity contribution in [3.8, 4) is 11.5 Å². The van der Waals surface area contributed by atoms with E-state index in [2.05, 4.69) is 42.5 Å². The largest absolute Gasteiger partial charge is 0.496 e. The van der Waals surface area contributed by atoms with Crippen LogP contribution in [0.2, 0.25) is 0 Å². The van der Waals surface area contributed by atoms with E-state index in [0.29, 0.717) is 86.9 Å². The highest BCUT2D eigenvalue weighted by atomic mass is 16.5. The fourth-order valence-corrected chi connectivity index (χ4v) is 8.18. The number of ether oxygens (including phenoxy) is 2. The van der Waals surface area contributed by atoms with Gasteiger partial charge in [-0.3, -0.25) is 14.3 Å². The Balaban J connectivity index is 1.14. The number of nitrogens with one attached hydrogen (secondary N) is 2. The summed E-state index contributed by atoms with van der Waals surface area (Å²) < 4.78 is 13.5. The Kier molecular flexibility index (Phi) is 23.1. The van der Waals surface area contributed by atoms with E-state index in [1.807, 2.05) is 24.0 Å². The van der Waals surface area contributed by atoms with Crippen LogP contribution >= 0.6 is 0 Å². The minimum Gasteiger partial charge on any atom is -0.496 e. The van der Waals surface area contributed by atoms with Crippen LogP contribution in [0.3, 0.4) is 0 Å². The van der Waals surface area contributed by atoms with Crippen molar-refractivity contribution < 1.29 is 24.2 Å². The molecule has 1 fully saturated rings. The van der Waals surface area contributed by atoms with Crippen LogP contribution in [0.1, 0.15) is 154 Å². The van der Waals surface area contributed by atoms with Crippen LogP contribution in [-0.4, -0.2) is 101 Å². The zero-order valence-electron chi connectivity index (χ0n) is 38.2. The highest BCUT2D eigenvalue weighted by Gasteiger charge is 2.24. The Morgan fingerprint density at radius 2 is 1.42 bits per heavy atom. The van der Waals surface area contributed by atoms with Crippen molar-refractivity contribution in [3.63, 3.8) is 0 Å². The zero-order valence-corrected chi connectivity index (χ0v) is 38.2. The fraction of sp³-hybridized carbons (Fsp3) is 0.717. The number of carbonyl (C=O) groups excluding carboxylic acids is 2. The number of azide groups is 1. The second-order valence-electron chi connectivity index (χ2n) is 16.6. The number of benzene rings is 1. The summed E-state index contributed by atoms with van der Waals surface area (Å²) in [5.74, 6) is 1.86. The Morgan fingerprint density at radius 1 is 0.823 bits per heavy atom. The lowest BCUT2D eigenvalue weighted by atomic mass is 10.0. The number of anilines is 2. The quantitative estimate of drug-likeness (QED) is 0.0235. The summed E-state index contributed by atoms with van der Waals surface area (Å²) in [6.45, 7) is 7.70. The molecule has 1 unspecified atom stereocenters. The van der Waals surface area contributed by atoms with E-state index in [1.165, 1.54) is 83.5 Å². The number of amides is 2. The molecule has 0 spiro atoms. The molecule has 62 heavy (non-hydrogen) atoms. The number of aromatic nitrogens is 4. The van der Waals surface area contributed by atoms with Gasteiger partial charge in [0.1, 0.15) is 17.0 Å². The summed E-state index contributed by atoms with van der Waals surface area (Å²) in [5.41, 5.74) is 11.7. The Morgan fingerprint density at radius 3 is 1.98 bits per heavy atom. The van der Waals surface area contributed by atoms with Crippen molar-refractivity contribution in [1.82, 2.24) is 30.0 Å². The topological polar surface area (TPSA) is 196 Å². The molecule has 1 saturated heterocycles. The third kappa shape index (κ3) is 16.8. The van der Waals surface area contributed by atoms with E-state index >= 15 is 0 Å². The fourth-order valence-electron chi connectivity index (χ4n) is 8.18. The molecule has 16 heteroatoms. The first-order valence-corrected chi connectivity index (χ1v) is 23.6. The first kappa shape index (κ1) is 49.8. The first-order chi connectivity index (χ1) is 30.3. The molecule has 344 valence electrons. The first-order valence-electron chi connectivity index (χ1n) is 23.6. The number of hydrogen-bond donors (Lipinski definition) is 3. The molecule has 2 amide bonds. The third-order valence-corrected chi connectivity index (χ3v) is 11.8. The Labute approximate surface area is 369 Å². The third-order valence-electron chi connectivity index (χ3n) is 11.8. The molecule has 1 atom stereocenters. The van der Waals surface area contributed by atoms with Crippen LogP contribution in [0.5, 0.6) is 11.5 Å². The highest BCUT2D eigenvalue weighted by Crippen LogP contribution is 2.36. The number of fused-ring (bicyclic) bond motifs is 1. The molecule has 2 aromatic heterocycles. The second-order valence-corrected chi connectivity index (χ2v) is 16.6. The Hall–Kier alpha value is -4.82. The van der Waals surface area contributed by atoms with Gasteiger partial charge in [-0.05, 0) is 36.3 Å². The molecule has 1 aromatic carbocycles. The maximum atomic E-state index is 13.1. The highest BCUT2D eigenvalue weighted by molar-refractivity contribution is 5.86. The van der Waals surface area contributed by atoms with Crippen molar-refractivity contribution in [2.75, 3.05) is 63.8 Å². The Bertz CT molecular complexity index is 1800. The summed E-state index contributed by atoms with van der Waals surface area (Å²) in [4.78, 5) is 41.2. The van der Waals surface area contributed by atoms with E-state index < -0.39 is 0 Å². The van der Waals surface area contributed by atoms with Crippen molar-refractivity contribution in [2.45, 2.75) is 161 Å². The van der Waals surface area contributed by atoms with Crippen molar-refractivity contribution in [3.05, 3.63) is 34.3 Å². The number of unbranched alkanes of at least 4 members (excludes halogenated alkanes) is 15. The van der Waals surface area contributed by atoms with Gasteiger partial charge in [0, 0.05) is 68.3 Å². The van der Waals surface area contributed by atoms with E-state index in [1.54, 1.807) is 25.1 Å². The summed E-state index contributed by atoms with van der Waals surface area (Å²) in [6.07, 6.45) is 25.6. The van der Waals surface area contributed by atoms with Crippen molar-refractivity contribution >= 4 is 40.3 Å². The van der Waals surface area contributed by atoms with Gasteiger partial charge in [-0.2, -0.15) is 5.10 Å². The normalized spacial score (nSPS) is 13.2. The maximum Gasteiger partial charge on any atom is 0.222 e. The molecule has 3 N–H and O–H groups in total. The summed E-state index contributed by atoms with van der Waals surface area (Å²) in [5, 5.41) is 24.5. The summed E-state index contributed by atoms with van der Waals surface area (Å²) >= 11 is 0. The van der Waals surface area contributed by atoms with Crippen LogP contribution in [0.25, 0.3) is 21.5 Å². The zero-order chi connectivity index (χ0) is 44.4. The lowest BCUT2D eigenvalue weighted by Gasteiger charge is -2.36. The molecule has 0 aliphatic carbocycles. The standard InChI is InChI=1S/C46H75N11O5/c1-5-7-8-9-10-11-12-13-14-15-16-17-18-19-20-24-42(59)48-26-22-21-25-43(60)56-29-27-55(28-30-56)37-31-40(61-3)38(41(32-37)62-4)33-57-34-39-44(53-57)45(49-36(35-58)23-6-2)51-46(50-39)52-54-47/h31-32,34,36,58H,5-30,33,35H2,1-4H3,(H,48,59)(H,49,50,51). The predicted octanol–water partition coefficient (Wildman–Crippen LogP) is 9.60. The predicted molar refractivity (Wildman–Crippen MR) is 247 cm³/mol. The van der Waals surface area contributed by atoms with Gasteiger partial charge in [-0.1, -0.05) is 110 Å². The van der Waals surface area contributed by atoms with Gasteiger partial charge in [0.25, 0.3) is 0 Å². The average molecular weight is 862 g/mol. The number of hydrogen-bond acceptors (Lipinski definition) is 11. The monoisotopic (exact) mass is 862 g/mol. The van der Waals surface area contributed by atoms with Crippen molar-refractivity contribution in [2.24, 2.45) is 5.11 Å².